The summed E-state index contributed by atoms with van der Waals surface area (Å²) in [5, 5.41) is 20.6. The van der Waals surface area contributed by atoms with Crippen LogP contribution in [0.3, 0.4) is 0 Å². The van der Waals surface area contributed by atoms with Crippen LogP contribution in [-0.2, 0) is 13.0 Å². The maximum absolute atomic E-state index is 13.1. The first-order valence-electron chi connectivity index (χ1n) is 12.2. The molecule has 0 saturated carbocycles. The van der Waals surface area contributed by atoms with Crippen molar-refractivity contribution < 1.29 is 19.3 Å². The molecule has 4 rings (SSSR count). The number of hydrogen-bond donors (Lipinski definition) is 2. The van der Waals surface area contributed by atoms with Gasteiger partial charge in [-0.3, -0.25) is 0 Å². The molecule has 1 aromatic heterocycles. The molecule has 4 aromatic rings. The number of benzene rings is 3. The summed E-state index contributed by atoms with van der Waals surface area (Å²) in [5.41, 5.74) is 4.26. The van der Waals surface area contributed by atoms with E-state index in [1.165, 1.54) is 12.1 Å². The Labute approximate surface area is 206 Å². The van der Waals surface area contributed by atoms with E-state index in [9.17, 15) is 14.6 Å². The van der Waals surface area contributed by atoms with Crippen molar-refractivity contribution in [1.29, 1.82) is 0 Å². The SMILES string of the molecule is CCN(CC)CCn1cc(CC(O)CO)c2cc(-c3ccc(Oc4ccc(F)cc4)cc3)ccc21. The fourth-order valence-electron chi connectivity index (χ4n) is 4.36. The third-order valence-corrected chi connectivity index (χ3v) is 6.42. The molecule has 0 aliphatic heterocycles. The average Bonchev–Trinajstić information content (AvgIpc) is 3.22. The summed E-state index contributed by atoms with van der Waals surface area (Å²) in [4.78, 5) is 2.39. The molecule has 0 amide bonds. The lowest BCUT2D eigenvalue weighted by molar-refractivity contribution is 0.0957. The van der Waals surface area contributed by atoms with E-state index in [-0.39, 0.29) is 12.4 Å². The zero-order valence-electron chi connectivity index (χ0n) is 20.3. The van der Waals surface area contributed by atoms with Gasteiger partial charge >= 0.3 is 0 Å². The highest BCUT2D eigenvalue weighted by Gasteiger charge is 2.14. The van der Waals surface area contributed by atoms with Crippen molar-refractivity contribution in [3.05, 3.63) is 84.3 Å². The lowest BCUT2D eigenvalue weighted by Crippen LogP contribution is -2.26. The van der Waals surface area contributed by atoms with Crippen LogP contribution in [0.4, 0.5) is 4.39 Å². The van der Waals surface area contributed by atoms with Gasteiger partial charge in [0.1, 0.15) is 17.3 Å². The smallest absolute Gasteiger partial charge is 0.127 e. The normalized spacial score (nSPS) is 12.4. The summed E-state index contributed by atoms with van der Waals surface area (Å²) in [7, 11) is 0. The van der Waals surface area contributed by atoms with Crippen LogP contribution in [-0.4, -0.2) is 52.0 Å². The van der Waals surface area contributed by atoms with E-state index in [2.05, 4.69) is 47.7 Å². The third-order valence-electron chi connectivity index (χ3n) is 6.42. The summed E-state index contributed by atoms with van der Waals surface area (Å²) in [6.07, 6.45) is 1.72. The molecule has 0 saturated heterocycles. The molecule has 1 unspecified atom stereocenters. The van der Waals surface area contributed by atoms with E-state index < -0.39 is 6.10 Å². The standard InChI is InChI=1S/C29H33FN2O3/c1-3-31(4-2)15-16-32-19-23(17-25(34)20-33)28-18-22(7-14-29(28)32)21-5-10-26(11-6-21)35-27-12-8-24(30)9-13-27/h5-14,18-19,25,33-34H,3-4,15-17,20H2,1-2H3. The maximum Gasteiger partial charge on any atom is 0.127 e. The Morgan fingerprint density at radius 2 is 1.54 bits per heavy atom. The molecule has 5 nitrogen and oxygen atoms in total. The molecule has 0 spiro atoms. The quantitative estimate of drug-likeness (QED) is 0.301. The van der Waals surface area contributed by atoms with Gasteiger partial charge in [0.2, 0.25) is 0 Å². The fourth-order valence-corrected chi connectivity index (χ4v) is 4.36. The number of aliphatic hydroxyl groups is 2. The fraction of sp³-hybridized carbons (Fsp3) is 0.310. The van der Waals surface area contributed by atoms with Gasteiger partial charge in [-0.2, -0.15) is 0 Å². The van der Waals surface area contributed by atoms with E-state index >= 15 is 0 Å². The molecule has 1 atom stereocenters. The van der Waals surface area contributed by atoms with Gasteiger partial charge in [-0.15, -0.1) is 0 Å². The highest BCUT2D eigenvalue weighted by Crippen LogP contribution is 2.31. The molecule has 3 aromatic carbocycles. The highest BCUT2D eigenvalue weighted by atomic mass is 19.1. The molecule has 1 heterocycles. The molecule has 35 heavy (non-hydrogen) atoms. The monoisotopic (exact) mass is 476 g/mol. The highest BCUT2D eigenvalue weighted by molar-refractivity contribution is 5.88. The molecular formula is C29H33FN2O3. The number of aromatic nitrogens is 1. The Balaban J connectivity index is 1.60. The molecule has 0 fully saturated rings. The van der Waals surface area contributed by atoms with Gasteiger partial charge in [0.15, 0.2) is 0 Å². The summed E-state index contributed by atoms with van der Waals surface area (Å²) in [6, 6.07) is 20.1. The Morgan fingerprint density at radius 1 is 0.914 bits per heavy atom. The molecule has 0 aliphatic carbocycles. The van der Waals surface area contributed by atoms with Crippen molar-refractivity contribution in [3.63, 3.8) is 0 Å². The van der Waals surface area contributed by atoms with Crippen molar-refractivity contribution in [2.45, 2.75) is 32.9 Å². The molecule has 184 valence electrons. The Bertz CT molecular complexity index is 1230. The summed E-state index contributed by atoms with van der Waals surface area (Å²) >= 11 is 0. The molecule has 0 aliphatic rings. The molecule has 0 bridgehead atoms. The third kappa shape index (κ3) is 6.09. The zero-order valence-corrected chi connectivity index (χ0v) is 20.3. The number of hydrogen-bond acceptors (Lipinski definition) is 4. The number of likely N-dealkylation sites (N-methyl/N-ethyl adjacent to an activating group) is 1. The predicted octanol–water partition coefficient (Wildman–Crippen LogP) is 5.48. The minimum Gasteiger partial charge on any atom is -0.457 e. The lowest BCUT2D eigenvalue weighted by Gasteiger charge is -2.18. The number of fused-ring (bicyclic) bond motifs is 1. The summed E-state index contributed by atoms with van der Waals surface area (Å²) in [6.45, 7) is 7.91. The average molecular weight is 477 g/mol. The largest absolute Gasteiger partial charge is 0.457 e. The van der Waals surface area contributed by atoms with Crippen molar-refractivity contribution >= 4 is 10.9 Å². The van der Waals surface area contributed by atoms with Crippen LogP contribution >= 0.6 is 0 Å². The van der Waals surface area contributed by atoms with Gasteiger partial charge < -0.3 is 24.4 Å². The van der Waals surface area contributed by atoms with Gasteiger partial charge in [-0.05, 0) is 78.3 Å². The van der Waals surface area contributed by atoms with Crippen molar-refractivity contribution in [1.82, 2.24) is 9.47 Å². The van der Waals surface area contributed by atoms with E-state index in [0.717, 1.165) is 53.8 Å². The van der Waals surface area contributed by atoms with Crippen LogP contribution in [0, 0.1) is 5.82 Å². The van der Waals surface area contributed by atoms with Gasteiger partial charge in [0.05, 0.1) is 12.7 Å². The summed E-state index contributed by atoms with van der Waals surface area (Å²) < 4.78 is 21.2. The molecule has 0 radical (unpaired) electrons. The maximum atomic E-state index is 13.1. The van der Waals surface area contributed by atoms with Crippen LogP contribution < -0.4 is 4.74 Å². The first kappa shape index (κ1) is 24.9. The molecule has 2 N–H and O–H groups in total. The number of aliphatic hydroxyl groups excluding tert-OH is 2. The Morgan fingerprint density at radius 3 is 2.17 bits per heavy atom. The first-order chi connectivity index (χ1) is 17.0. The van der Waals surface area contributed by atoms with Crippen LogP contribution in [0.5, 0.6) is 11.5 Å². The lowest BCUT2D eigenvalue weighted by atomic mass is 10.0. The van der Waals surface area contributed by atoms with Crippen molar-refractivity contribution in [2.75, 3.05) is 26.2 Å². The second-order valence-corrected chi connectivity index (χ2v) is 8.73. The zero-order chi connectivity index (χ0) is 24.8. The van der Waals surface area contributed by atoms with E-state index in [4.69, 9.17) is 4.74 Å². The predicted molar refractivity (Wildman–Crippen MR) is 138 cm³/mol. The summed E-state index contributed by atoms with van der Waals surface area (Å²) in [5.74, 6) is 0.963. The number of ether oxygens (including phenoxy) is 1. The van der Waals surface area contributed by atoms with Crippen LogP contribution in [0.25, 0.3) is 22.0 Å². The van der Waals surface area contributed by atoms with E-state index in [1.54, 1.807) is 12.1 Å². The van der Waals surface area contributed by atoms with Crippen molar-refractivity contribution in [3.8, 4) is 22.6 Å². The second kappa shape index (κ2) is 11.5. The first-order valence-corrected chi connectivity index (χ1v) is 12.2. The van der Waals surface area contributed by atoms with Gasteiger partial charge in [0, 0.05) is 36.6 Å². The van der Waals surface area contributed by atoms with Crippen LogP contribution in [0.1, 0.15) is 19.4 Å². The number of rotatable bonds is 11. The number of nitrogens with zero attached hydrogens (tertiary/aromatic N) is 2. The molecule has 6 heteroatoms. The second-order valence-electron chi connectivity index (χ2n) is 8.73. The van der Waals surface area contributed by atoms with Crippen molar-refractivity contribution in [2.24, 2.45) is 0 Å². The van der Waals surface area contributed by atoms with Gasteiger partial charge in [-0.25, -0.2) is 4.39 Å². The van der Waals surface area contributed by atoms with Gasteiger partial charge in [-0.1, -0.05) is 32.0 Å². The Kier molecular flexibility index (Phi) is 8.18. The van der Waals surface area contributed by atoms with Crippen LogP contribution in [0.15, 0.2) is 72.9 Å². The van der Waals surface area contributed by atoms with E-state index in [1.807, 2.05) is 24.3 Å². The van der Waals surface area contributed by atoms with Gasteiger partial charge in [0.25, 0.3) is 0 Å². The van der Waals surface area contributed by atoms with E-state index in [0.29, 0.717) is 17.9 Å². The van der Waals surface area contributed by atoms with Crippen LogP contribution in [0.2, 0.25) is 0 Å². The minimum absolute atomic E-state index is 0.263. The number of halogens is 1. The molecular weight excluding hydrogens is 443 g/mol. The minimum atomic E-state index is -0.789. The topological polar surface area (TPSA) is 57.9 Å². The Hall–Kier alpha value is -3.19.